The first-order valence-corrected chi connectivity index (χ1v) is 13.1. The lowest BCUT2D eigenvalue weighted by Gasteiger charge is -2.36. The van der Waals surface area contributed by atoms with Gasteiger partial charge in [-0.2, -0.15) is 0 Å². The Labute approximate surface area is 227 Å². The number of alkyl carbamates (subject to hydrolysis) is 1. The van der Waals surface area contributed by atoms with Crippen molar-refractivity contribution in [2.24, 2.45) is 0 Å². The van der Waals surface area contributed by atoms with E-state index < -0.39 is 29.4 Å². The summed E-state index contributed by atoms with van der Waals surface area (Å²) in [6.45, 7) is 6.66. The molecule has 39 heavy (non-hydrogen) atoms. The molecule has 1 N–H and O–H groups in total. The number of hydrogen-bond acceptors (Lipinski definition) is 5. The van der Waals surface area contributed by atoms with Crippen molar-refractivity contribution in [3.63, 3.8) is 0 Å². The maximum absolute atomic E-state index is 14.1. The van der Waals surface area contributed by atoms with Crippen LogP contribution in [0.3, 0.4) is 0 Å². The Balaban J connectivity index is 1.43. The average molecular weight is 544 g/mol. The van der Waals surface area contributed by atoms with E-state index >= 15 is 0 Å². The van der Waals surface area contributed by atoms with Gasteiger partial charge in [0.05, 0.1) is 7.11 Å². The molecule has 210 valence electrons. The Morgan fingerprint density at radius 3 is 2.23 bits per heavy atom. The summed E-state index contributed by atoms with van der Waals surface area (Å²) >= 11 is 0. The summed E-state index contributed by atoms with van der Waals surface area (Å²) in [4.78, 5) is 42.3. The van der Waals surface area contributed by atoms with Crippen molar-refractivity contribution < 1.29 is 32.6 Å². The van der Waals surface area contributed by atoms with E-state index in [0.717, 1.165) is 0 Å². The van der Waals surface area contributed by atoms with Gasteiger partial charge in [0, 0.05) is 50.1 Å². The van der Waals surface area contributed by atoms with E-state index in [1.165, 1.54) is 12.1 Å². The van der Waals surface area contributed by atoms with Crippen LogP contribution >= 0.6 is 0 Å². The number of nitrogens with one attached hydrogen (secondary N) is 1. The summed E-state index contributed by atoms with van der Waals surface area (Å²) in [7, 11) is 1.56. The number of halogens is 2. The molecule has 1 fully saturated rings. The molecule has 0 saturated carbocycles. The third kappa shape index (κ3) is 6.85. The third-order valence-corrected chi connectivity index (χ3v) is 7.15. The van der Waals surface area contributed by atoms with Gasteiger partial charge in [0.1, 0.15) is 11.4 Å². The smallest absolute Gasteiger partial charge is 0.407 e. The Kier molecular flexibility index (Phi) is 8.42. The van der Waals surface area contributed by atoms with Crippen molar-refractivity contribution >= 4 is 17.9 Å². The van der Waals surface area contributed by atoms with Gasteiger partial charge in [0.2, 0.25) is 5.91 Å². The number of piperazine rings is 1. The number of carbonyl (C=O) groups excluding carboxylic acids is 3. The Morgan fingerprint density at radius 1 is 1.00 bits per heavy atom. The van der Waals surface area contributed by atoms with Gasteiger partial charge in [-0.3, -0.25) is 9.59 Å². The molecule has 1 aliphatic carbocycles. The van der Waals surface area contributed by atoms with Gasteiger partial charge in [-0.05, 0) is 81.1 Å². The second-order valence-electron chi connectivity index (χ2n) is 11.0. The minimum absolute atomic E-state index is 0.0330. The highest BCUT2D eigenvalue weighted by molar-refractivity contribution is 5.94. The number of amides is 3. The van der Waals surface area contributed by atoms with Crippen molar-refractivity contribution in [3.8, 4) is 5.75 Å². The number of nitrogens with zero attached hydrogens (tertiary/aromatic N) is 2. The molecular formula is C29H35F2N3O5. The fraction of sp³-hybridized carbons (Fsp3) is 0.483. The number of hydrogen-bond donors (Lipinski definition) is 1. The topological polar surface area (TPSA) is 88.2 Å². The van der Waals surface area contributed by atoms with Crippen LogP contribution in [0.1, 0.15) is 61.0 Å². The molecule has 1 aliphatic heterocycles. The van der Waals surface area contributed by atoms with E-state index in [1.807, 2.05) is 0 Å². The molecule has 1 saturated heterocycles. The van der Waals surface area contributed by atoms with Crippen LogP contribution in [0.4, 0.5) is 13.6 Å². The molecule has 4 rings (SSSR count). The number of fused-ring (bicyclic) bond motifs is 1. The summed E-state index contributed by atoms with van der Waals surface area (Å²) in [6, 6.07) is 8.56. The van der Waals surface area contributed by atoms with Crippen LogP contribution in [0.25, 0.3) is 0 Å². The number of methoxy groups -OCH3 is 1. The van der Waals surface area contributed by atoms with Gasteiger partial charge in [0.15, 0.2) is 11.6 Å². The van der Waals surface area contributed by atoms with Crippen molar-refractivity contribution in [1.29, 1.82) is 0 Å². The minimum atomic E-state index is -0.958. The summed E-state index contributed by atoms with van der Waals surface area (Å²) < 4.78 is 38.5. The molecule has 0 aromatic heterocycles. The fourth-order valence-electron chi connectivity index (χ4n) is 5.19. The molecule has 2 aromatic carbocycles. The van der Waals surface area contributed by atoms with Crippen LogP contribution < -0.4 is 10.1 Å². The normalized spacial score (nSPS) is 17.8. The van der Waals surface area contributed by atoms with Crippen LogP contribution in [0.15, 0.2) is 36.4 Å². The molecule has 2 aromatic rings. The van der Waals surface area contributed by atoms with Crippen LogP contribution in [0, 0.1) is 11.6 Å². The SMILES string of the molecule is COc1ccc(C(=O)N2CCN(C(=O)CC(NC(=O)OC(C)(C)C)C3CCc4cc(F)c(F)cc43)CC2)cc1. The first-order chi connectivity index (χ1) is 18.4. The van der Waals surface area contributed by atoms with Gasteiger partial charge < -0.3 is 24.6 Å². The zero-order chi connectivity index (χ0) is 28.3. The first-order valence-electron chi connectivity index (χ1n) is 13.1. The van der Waals surface area contributed by atoms with Crippen molar-refractivity contribution in [3.05, 3.63) is 64.7 Å². The van der Waals surface area contributed by atoms with Crippen LogP contribution in [0.5, 0.6) is 5.75 Å². The molecule has 0 bridgehead atoms. The first kappa shape index (κ1) is 28.3. The second kappa shape index (κ2) is 11.6. The quantitative estimate of drug-likeness (QED) is 0.588. The zero-order valence-electron chi connectivity index (χ0n) is 22.8. The Morgan fingerprint density at radius 2 is 1.62 bits per heavy atom. The Bertz CT molecular complexity index is 1220. The van der Waals surface area contributed by atoms with Gasteiger partial charge in [-0.25, -0.2) is 13.6 Å². The number of benzene rings is 2. The van der Waals surface area contributed by atoms with Gasteiger partial charge in [0.25, 0.3) is 5.91 Å². The number of rotatable bonds is 6. The van der Waals surface area contributed by atoms with Crippen LogP contribution in [0.2, 0.25) is 0 Å². The van der Waals surface area contributed by atoms with Gasteiger partial charge >= 0.3 is 6.09 Å². The maximum atomic E-state index is 14.1. The molecule has 2 aliphatic rings. The molecule has 2 unspecified atom stereocenters. The number of ether oxygens (including phenoxy) is 2. The zero-order valence-corrected chi connectivity index (χ0v) is 22.8. The van der Waals surface area contributed by atoms with Crippen LogP contribution in [-0.2, 0) is 16.0 Å². The Hall–Kier alpha value is -3.69. The molecule has 2 atom stereocenters. The van der Waals surface area contributed by atoms with E-state index in [1.54, 1.807) is 61.9 Å². The van der Waals surface area contributed by atoms with E-state index in [9.17, 15) is 23.2 Å². The highest BCUT2D eigenvalue weighted by Gasteiger charge is 2.36. The molecule has 8 nitrogen and oxygen atoms in total. The minimum Gasteiger partial charge on any atom is -0.497 e. The monoisotopic (exact) mass is 543 g/mol. The van der Waals surface area contributed by atoms with Crippen molar-refractivity contribution in [2.45, 2.75) is 57.6 Å². The van der Waals surface area contributed by atoms with Crippen molar-refractivity contribution in [2.75, 3.05) is 33.3 Å². The molecular weight excluding hydrogens is 508 g/mol. The second-order valence-corrected chi connectivity index (χ2v) is 11.0. The van der Waals surface area contributed by atoms with E-state index in [4.69, 9.17) is 9.47 Å². The number of carbonyl (C=O) groups is 3. The van der Waals surface area contributed by atoms with E-state index in [0.29, 0.717) is 61.5 Å². The molecule has 0 spiro atoms. The fourth-order valence-corrected chi connectivity index (χ4v) is 5.19. The molecule has 0 radical (unpaired) electrons. The lowest BCUT2D eigenvalue weighted by Crippen LogP contribution is -2.52. The predicted octanol–water partition coefficient (Wildman–Crippen LogP) is 4.27. The van der Waals surface area contributed by atoms with E-state index in [-0.39, 0.29) is 24.2 Å². The summed E-state index contributed by atoms with van der Waals surface area (Å²) in [5.41, 5.74) is 1.07. The predicted molar refractivity (Wildman–Crippen MR) is 141 cm³/mol. The summed E-state index contributed by atoms with van der Waals surface area (Å²) in [6.07, 6.45) is 0.348. The largest absolute Gasteiger partial charge is 0.497 e. The summed E-state index contributed by atoms with van der Waals surface area (Å²) in [5, 5.41) is 2.82. The highest BCUT2D eigenvalue weighted by Crippen LogP contribution is 2.38. The van der Waals surface area contributed by atoms with Crippen LogP contribution in [-0.4, -0.2) is 72.6 Å². The lowest BCUT2D eigenvalue weighted by molar-refractivity contribution is -0.133. The van der Waals surface area contributed by atoms with E-state index in [2.05, 4.69) is 5.32 Å². The average Bonchev–Trinajstić information content (AvgIpc) is 3.29. The molecule has 3 amide bonds. The molecule has 1 heterocycles. The lowest BCUT2D eigenvalue weighted by atomic mass is 9.90. The van der Waals surface area contributed by atoms with Gasteiger partial charge in [-0.15, -0.1) is 0 Å². The highest BCUT2D eigenvalue weighted by atomic mass is 19.2. The van der Waals surface area contributed by atoms with Gasteiger partial charge in [-0.1, -0.05) is 0 Å². The standard InChI is InChI=1S/C29H35F2N3O5/c1-29(2,3)39-28(37)32-25(21-10-7-19-15-23(30)24(31)16-22(19)21)17-26(35)33-11-13-34(14-12-33)27(36)18-5-8-20(38-4)9-6-18/h5-6,8-9,15-16,21,25H,7,10-14,17H2,1-4H3,(H,32,37). The molecule has 10 heteroatoms. The maximum Gasteiger partial charge on any atom is 0.407 e. The van der Waals surface area contributed by atoms with Crippen molar-refractivity contribution in [1.82, 2.24) is 15.1 Å². The third-order valence-electron chi connectivity index (χ3n) is 7.15. The number of aryl methyl sites for hydroxylation is 1. The summed E-state index contributed by atoms with van der Waals surface area (Å²) in [5.74, 6) is -1.89.